The summed E-state index contributed by atoms with van der Waals surface area (Å²) in [5.41, 5.74) is 3.72. The number of benzene rings is 2. The number of nitrogens with one attached hydrogen (secondary N) is 1. The van der Waals surface area contributed by atoms with Crippen molar-refractivity contribution in [1.82, 2.24) is 9.78 Å². The molecule has 1 aromatic heterocycles. The third-order valence-corrected chi connectivity index (χ3v) is 6.51. The summed E-state index contributed by atoms with van der Waals surface area (Å²) in [5.74, 6) is 2.39. The fraction of sp³-hybridized carbons (Fsp3) is 0.333. The number of carbonyl (C=O) groups is 1. The van der Waals surface area contributed by atoms with Crippen molar-refractivity contribution in [3.05, 3.63) is 65.4 Å². The Labute approximate surface area is 186 Å². The van der Waals surface area contributed by atoms with Gasteiger partial charge in [-0.2, -0.15) is 5.10 Å². The summed E-state index contributed by atoms with van der Waals surface area (Å²) in [4.78, 5) is 12.7. The average Bonchev–Trinajstić information content (AvgIpc) is 3.05. The van der Waals surface area contributed by atoms with E-state index in [4.69, 9.17) is 14.6 Å². The molecular weight excluding hydrogens is 410 g/mol. The minimum absolute atomic E-state index is 0.0354. The van der Waals surface area contributed by atoms with E-state index in [0.717, 1.165) is 28.3 Å². The first-order chi connectivity index (χ1) is 14.8. The van der Waals surface area contributed by atoms with Crippen LogP contribution in [0.1, 0.15) is 42.8 Å². The third-order valence-electron chi connectivity index (χ3n) is 5.24. The summed E-state index contributed by atoms with van der Waals surface area (Å²) in [6.07, 6.45) is 0. The van der Waals surface area contributed by atoms with Crippen LogP contribution in [0.2, 0.25) is 0 Å². The fourth-order valence-electron chi connectivity index (χ4n) is 3.80. The average molecular weight is 438 g/mol. The number of amides is 1. The molecule has 162 valence electrons. The molecule has 6 nitrogen and oxygen atoms in total. The molecule has 0 fully saturated rings. The van der Waals surface area contributed by atoms with Gasteiger partial charge in [-0.3, -0.25) is 4.79 Å². The normalized spacial score (nSPS) is 16.3. The summed E-state index contributed by atoms with van der Waals surface area (Å²) in [7, 11) is 3.26. The van der Waals surface area contributed by atoms with Crippen molar-refractivity contribution in [2.45, 2.75) is 31.4 Å². The van der Waals surface area contributed by atoms with Crippen LogP contribution in [-0.4, -0.2) is 35.7 Å². The number of fused-ring (bicyclic) bond motifs is 1. The lowest BCUT2D eigenvalue weighted by molar-refractivity contribution is -0.113. The maximum Gasteiger partial charge on any atom is 0.235 e. The van der Waals surface area contributed by atoms with E-state index in [2.05, 4.69) is 26.1 Å². The number of hydrogen-bond acceptors (Lipinski definition) is 5. The first-order valence-electron chi connectivity index (χ1n) is 10.2. The van der Waals surface area contributed by atoms with E-state index in [1.54, 1.807) is 26.0 Å². The maximum atomic E-state index is 12.7. The van der Waals surface area contributed by atoms with Crippen LogP contribution in [0.15, 0.2) is 48.5 Å². The van der Waals surface area contributed by atoms with E-state index in [1.165, 1.54) is 0 Å². The zero-order chi connectivity index (χ0) is 22.2. The second kappa shape index (κ2) is 8.30. The molecule has 2 heterocycles. The Hall–Kier alpha value is -2.93. The van der Waals surface area contributed by atoms with Crippen molar-refractivity contribution in [3.63, 3.8) is 0 Å². The first-order valence-corrected chi connectivity index (χ1v) is 11.2. The van der Waals surface area contributed by atoms with Gasteiger partial charge in [-0.25, -0.2) is 4.68 Å². The zero-order valence-electron chi connectivity index (χ0n) is 18.4. The number of para-hydroxylation sites is 1. The lowest BCUT2D eigenvalue weighted by Crippen LogP contribution is -2.16. The summed E-state index contributed by atoms with van der Waals surface area (Å²) >= 11 is 1.60. The van der Waals surface area contributed by atoms with Crippen LogP contribution < -0.4 is 14.8 Å². The summed E-state index contributed by atoms with van der Waals surface area (Å²) in [5, 5.41) is 8.03. The Morgan fingerprint density at radius 1 is 1.06 bits per heavy atom. The van der Waals surface area contributed by atoms with E-state index < -0.39 is 0 Å². The van der Waals surface area contributed by atoms with E-state index in [0.29, 0.717) is 17.3 Å². The van der Waals surface area contributed by atoms with Gasteiger partial charge in [0.15, 0.2) is 11.5 Å². The standard InChI is InChI=1S/C24H27N3O3S/c1-24(2,3)22-20-21(15-11-12-17(29-4)18(13-15)30-5)31-14-19(28)25-23(20)27(26-22)16-9-7-6-8-10-16/h6-13,21H,14H2,1-5H3,(H,25,28). The molecule has 0 aliphatic carbocycles. The van der Waals surface area contributed by atoms with Crippen molar-refractivity contribution in [1.29, 1.82) is 0 Å². The monoisotopic (exact) mass is 437 g/mol. The highest BCUT2D eigenvalue weighted by atomic mass is 32.2. The largest absolute Gasteiger partial charge is 0.493 e. The lowest BCUT2D eigenvalue weighted by atomic mass is 9.87. The summed E-state index contributed by atoms with van der Waals surface area (Å²) < 4.78 is 12.8. The predicted molar refractivity (Wildman–Crippen MR) is 125 cm³/mol. The van der Waals surface area contributed by atoms with Gasteiger partial charge >= 0.3 is 0 Å². The van der Waals surface area contributed by atoms with E-state index in [1.807, 2.05) is 53.2 Å². The lowest BCUT2D eigenvalue weighted by Gasteiger charge is -2.22. The van der Waals surface area contributed by atoms with Gasteiger partial charge in [0, 0.05) is 11.0 Å². The predicted octanol–water partition coefficient (Wildman–Crippen LogP) is 4.96. The zero-order valence-corrected chi connectivity index (χ0v) is 19.2. The van der Waals surface area contributed by atoms with Crippen LogP contribution in [0.5, 0.6) is 11.5 Å². The molecule has 0 radical (unpaired) electrons. The molecule has 7 heteroatoms. The highest BCUT2D eigenvalue weighted by Crippen LogP contribution is 2.48. The third kappa shape index (κ3) is 4.02. The number of rotatable bonds is 4. The number of methoxy groups -OCH3 is 2. The molecule has 2 aromatic carbocycles. The van der Waals surface area contributed by atoms with Gasteiger partial charge in [-0.1, -0.05) is 45.0 Å². The SMILES string of the molecule is COc1ccc(C2SCC(=O)Nc3c2c(C(C)(C)C)nn3-c2ccccc2)cc1OC. The minimum atomic E-state index is -0.214. The van der Waals surface area contributed by atoms with Gasteiger partial charge in [0.05, 0.1) is 36.6 Å². The molecule has 3 aromatic rings. The number of anilines is 1. The van der Waals surface area contributed by atoms with Gasteiger partial charge in [0.25, 0.3) is 0 Å². The highest BCUT2D eigenvalue weighted by Gasteiger charge is 2.36. The molecule has 1 atom stereocenters. The molecule has 0 saturated heterocycles. The Bertz CT molecular complexity index is 1100. The topological polar surface area (TPSA) is 65.4 Å². The molecule has 0 saturated carbocycles. The minimum Gasteiger partial charge on any atom is -0.493 e. The van der Waals surface area contributed by atoms with Gasteiger partial charge in [0.2, 0.25) is 5.91 Å². The number of thioether (sulfide) groups is 1. The van der Waals surface area contributed by atoms with Crippen LogP contribution in [0.4, 0.5) is 5.82 Å². The number of carbonyl (C=O) groups excluding carboxylic acids is 1. The van der Waals surface area contributed by atoms with Crippen molar-refractivity contribution in [2.75, 3.05) is 25.3 Å². The van der Waals surface area contributed by atoms with Crippen LogP contribution in [0.25, 0.3) is 5.69 Å². The number of hydrogen-bond donors (Lipinski definition) is 1. The molecule has 31 heavy (non-hydrogen) atoms. The molecule has 1 N–H and O–H groups in total. The molecule has 1 aliphatic heterocycles. The maximum absolute atomic E-state index is 12.7. The van der Waals surface area contributed by atoms with Crippen LogP contribution in [-0.2, 0) is 10.2 Å². The molecule has 1 unspecified atom stereocenters. The van der Waals surface area contributed by atoms with Gasteiger partial charge < -0.3 is 14.8 Å². The van der Waals surface area contributed by atoms with Gasteiger partial charge in [-0.05, 0) is 29.8 Å². The van der Waals surface area contributed by atoms with Crippen molar-refractivity contribution < 1.29 is 14.3 Å². The Kier molecular flexibility index (Phi) is 5.71. The molecule has 0 bridgehead atoms. The summed E-state index contributed by atoms with van der Waals surface area (Å²) in [6.45, 7) is 6.44. The van der Waals surface area contributed by atoms with Crippen LogP contribution in [0.3, 0.4) is 0 Å². The molecule has 4 rings (SSSR count). The molecule has 1 aliphatic rings. The van der Waals surface area contributed by atoms with Crippen molar-refractivity contribution in [3.8, 4) is 17.2 Å². The summed E-state index contributed by atoms with van der Waals surface area (Å²) in [6, 6.07) is 15.8. The Balaban J connectivity index is 1.96. The quantitative estimate of drug-likeness (QED) is 0.625. The van der Waals surface area contributed by atoms with E-state index in [9.17, 15) is 4.79 Å². The smallest absolute Gasteiger partial charge is 0.235 e. The van der Waals surface area contributed by atoms with E-state index in [-0.39, 0.29) is 16.6 Å². The molecular formula is C24H27N3O3S. The number of ether oxygens (including phenoxy) is 2. The van der Waals surface area contributed by atoms with Crippen molar-refractivity contribution >= 4 is 23.5 Å². The molecule has 0 spiro atoms. The second-order valence-electron chi connectivity index (χ2n) is 8.46. The first kappa shape index (κ1) is 21.3. The molecule has 1 amide bonds. The fourth-order valence-corrected chi connectivity index (χ4v) is 4.92. The Morgan fingerprint density at radius 2 is 1.77 bits per heavy atom. The van der Waals surface area contributed by atoms with Crippen LogP contribution >= 0.6 is 11.8 Å². The second-order valence-corrected chi connectivity index (χ2v) is 9.56. The van der Waals surface area contributed by atoms with Crippen LogP contribution in [0, 0.1) is 0 Å². The van der Waals surface area contributed by atoms with E-state index >= 15 is 0 Å². The highest BCUT2D eigenvalue weighted by molar-refractivity contribution is 8.00. The number of nitrogens with zero attached hydrogens (tertiary/aromatic N) is 2. The Morgan fingerprint density at radius 3 is 2.42 bits per heavy atom. The van der Waals surface area contributed by atoms with Crippen molar-refractivity contribution in [2.24, 2.45) is 0 Å². The number of aromatic nitrogens is 2. The van der Waals surface area contributed by atoms with Gasteiger partial charge in [-0.15, -0.1) is 11.8 Å². The van der Waals surface area contributed by atoms with Gasteiger partial charge in [0.1, 0.15) is 5.82 Å².